The molecule has 0 aromatic carbocycles. The van der Waals surface area contributed by atoms with E-state index >= 15 is 0 Å². The van der Waals surface area contributed by atoms with E-state index in [1.54, 1.807) is 17.6 Å². The molecule has 0 aliphatic rings. The fraction of sp³-hybridized carbons (Fsp3) is 0.200. The highest BCUT2D eigenvalue weighted by atomic mass is 32.1. The van der Waals surface area contributed by atoms with E-state index in [0.29, 0.717) is 6.04 Å². The maximum Gasteiger partial charge on any atom is 0.117 e. The summed E-state index contributed by atoms with van der Waals surface area (Å²) in [4.78, 5) is 2.78. The van der Waals surface area contributed by atoms with Crippen molar-refractivity contribution in [3.05, 3.63) is 68.9 Å². The van der Waals surface area contributed by atoms with Gasteiger partial charge >= 0.3 is 0 Å². The van der Waals surface area contributed by atoms with Crippen molar-refractivity contribution in [1.82, 2.24) is 5.32 Å². The van der Waals surface area contributed by atoms with Gasteiger partial charge in [0, 0.05) is 22.2 Å². The van der Waals surface area contributed by atoms with E-state index in [-0.39, 0.29) is 0 Å². The van der Waals surface area contributed by atoms with Crippen molar-refractivity contribution in [2.75, 3.05) is 0 Å². The van der Waals surface area contributed by atoms with Gasteiger partial charge in [0.25, 0.3) is 0 Å². The predicted molar refractivity (Wildman–Crippen MR) is 80.6 cm³/mol. The van der Waals surface area contributed by atoms with Gasteiger partial charge in [0.2, 0.25) is 0 Å². The third-order valence-electron chi connectivity index (χ3n) is 2.97. The average Bonchev–Trinajstić information content (AvgIpc) is 3.15. The lowest BCUT2D eigenvalue weighted by atomic mass is 10.1. The quantitative estimate of drug-likeness (QED) is 0.724. The molecule has 3 heterocycles. The number of thiophene rings is 2. The molecule has 19 heavy (non-hydrogen) atoms. The zero-order valence-electron chi connectivity index (χ0n) is 10.4. The molecule has 1 N–H and O–H groups in total. The first-order chi connectivity index (χ1) is 9.42. The highest BCUT2D eigenvalue weighted by Gasteiger charge is 2.14. The van der Waals surface area contributed by atoms with Gasteiger partial charge in [-0.15, -0.1) is 22.7 Å². The number of hydrogen-bond acceptors (Lipinski definition) is 4. The molecule has 0 fully saturated rings. The molecule has 2 nitrogen and oxygen atoms in total. The van der Waals surface area contributed by atoms with Gasteiger partial charge in [0.15, 0.2) is 0 Å². The summed E-state index contributed by atoms with van der Waals surface area (Å²) < 4.78 is 5.38. The van der Waals surface area contributed by atoms with E-state index in [4.69, 9.17) is 4.42 Å². The number of furan rings is 1. The van der Waals surface area contributed by atoms with Crippen molar-refractivity contribution in [1.29, 1.82) is 0 Å². The lowest BCUT2D eigenvalue weighted by Gasteiger charge is -2.16. The Morgan fingerprint density at radius 1 is 1.05 bits per heavy atom. The number of nitrogens with one attached hydrogen (secondary N) is 1. The summed E-state index contributed by atoms with van der Waals surface area (Å²) in [7, 11) is 0. The van der Waals surface area contributed by atoms with Crippen molar-refractivity contribution < 1.29 is 4.42 Å². The summed E-state index contributed by atoms with van der Waals surface area (Å²) in [5.41, 5.74) is 0. The Morgan fingerprint density at radius 2 is 1.95 bits per heavy atom. The zero-order chi connectivity index (χ0) is 12.9. The molecule has 0 amide bonds. The number of hydrogen-bond donors (Lipinski definition) is 1. The molecule has 0 saturated carbocycles. The third kappa shape index (κ3) is 3.35. The number of rotatable bonds is 6. The van der Waals surface area contributed by atoms with Crippen LogP contribution in [0.3, 0.4) is 0 Å². The summed E-state index contributed by atoms with van der Waals surface area (Å²) in [6, 6.07) is 12.9. The Kier molecular flexibility index (Phi) is 4.13. The molecular weight excluding hydrogens is 274 g/mol. The molecule has 0 aliphatic carbocycles. The molecule has 0 bridgehead atoms. The molecule has 0 aliphatic heterocycles. The molecule has 0 saturated heterocycles. The summed E-state index contributed by atoms with van der Waals surface area (Å²) in [5, 5.41) is 7.85. The SMILES string of the molecule is c1coc(CNC(Cc2cccs2)c2cccs2)c1. The lowest BCUT2D eigenvalue weighted by Crippen LogP contribution is -2.21. The van der Waals surface area contributed by atoms with Gasteiger partial charge in [0.05, 0.1) is 12.8 Å². The smallest absolute Gasteiger partial charge is 0.117 e. The van der Waals surface area contributed by atoms with Crippen LogP contribution in [0.1, 0.15) is 21.6 Å². The van der Waals surface area contributed by atoms with Crippen molar-refractivity contribution in [2.45, 2.75) is 19.0 Å². The van der Waals surface area contributed by atoms with Crippen LogP contribution in [0.25, 0.3) is 0 Å². The average molecular weight is 289 g/mol. The van der Waals surface area contributed by atoms with Crippen LogP contribution in [0, 0.1) is 0 Å². The van der Waals surface area contributed by atoms with Crippen molar-refractivity contribution in [3.63, 3.8) is 0 Å². The van der Waals surface area contributed by atoms with E-state index in [9.17, 15) is 0 Å². The molecule has 3 aromatic rings. The van der Waals surface area contributed by atoms with E-state index < -0.39 is 0 Å². The highest BCUT2D eigenvalue weighted by molar-refractivity contribution is 7.10. The predicted octanol–water partition coefficient (Wildman–Crippen LogP) is 4.48. The van der Waals surface area contributed by atoms with Crippen LogP contribution in [-0.4, -0.2) is 0 Å². The van der Waals surface area contributed by atoms with Crippen LogP contribution in [0.2, 0.25) is 0 Å². The van der Waals surface area contributed by atoms with Crippen LogP contribution in [-0.2, 0) is 13.0 Å². The fourth-order valence-electron chi connectivity index (χ4n) is 2.03. The summed E-state index contributed by atoms with van der Waals surface area (Å²) in [5.74, 6) is 0.979. The van der Waals surface area contributed by atoms with Gasteiger partial charge in [0.1, 0.15) is 5.76 Å². The van der Waals surface area contributed by atoms with Crippen LogP contribution in [0.15, 0.2) is 57.8 Å². The van der Waals surface area contributed by atoms with Crippen LogP contribution < -0.4 is 5.32 Å². The summed E-state index contributed by atoms with van der Waals surface area (Å²) in [6.07, 6.45) is 2.75. The Balaban J connectivity index is 1.69. The Hall–Kier alpha value is -1.36. The Labute approximate surface area is 120 Å². The molecule has 1 unspecified atom stereocenters. The van der Waals surface area contributed by atoms with Crippen molar-refractivity contribution in [2.24, 2.45) is 0 Å². The van der Waals surface area contributed by atoms with Gasteiger partial charge in [-0.1, -0.05) is 12.1 Å². The first-order valence-corrected chi connectivity index (χ1v) is 7.99. The second-order valence-electron chi connectivity index (χ2n) is 4.31. The molecule has 1 atom stereocenters. The normalized spacial score (nSPS) is 12.6. The van der Waals surface area contributed by atoms with Crippen LogP contribution in [0.4, 0.5) is 0 Å². The maximum atomic E-state index is 5.38. The summed E-state index contributed by atoms with van der Waals surface area (Å²) >= 11 is 3.61. The topological polar surface area (TPSA) is 25.2 Å². The van der Waals surface area contributed by atoms with E-state index in [1.165, 1.54) is 9.75 Å². The molecule has 4 heteroatoms. The highest BCUT2D eigenvalue weighted by Crippen LogP contribution is 2.25. The Bertz CT molecular complexity index is 570. The first kappa shape index (κ1) is 12.7. The van der Waals surface area contributed by atoms with Crippen molar-refractivity contribution in [3.8, 4) is 0 Å². The molecule has 0 spiro atoms. The molecule has 98 valence electrons. The minimum Gasteiger partial charge on any atom is -0.468 e. The van der Waals surface area contributed by atoms with Gasteiger partial charge in [-0.05, 0) is 35.0 Å². The van der Waals surface area contributed by atoms with Crippen LogP contribution >= 0.6 is 22.7 Å². The minimum atomic E-state index is 0.351. The Morgan fingerprint density at radius 3 is 2.63 bits per heavy atom. The maximum absolute atomic E-state index is 5.38. The molecule has 3 aromatic heterocycles. The molecule has 3 rings (SSSR count). The molecule has 0 radical (unpaired) electrons. The third-order valence-corrected chi connectivity index (χ3v) is 4.86. The van der Waals surface area contributed by atoms with Crippen molar-refractivity contribution >= 4 is 22.7 Å². The van der Waals surface area contributed by atoms with Gasteiger partial charge in [-0.3, -0.25) is 0 Å². The second kappa shape index (κ2) is 6.19. The largest absolute Gasteiger partial charge is 0.468 e. The first-order valence-electron chi connectivity index (χ1n) is 6.23. The van der Waals surface area contributed by atoms with Crippen LogP contribution in [0.5, 0.6) is 0 Å². The molecular formula is C15H15NOS2. The monoisotopic (exact) mass is 289 g/mol. The second-order valence-corrected chi connectivity index (χ2v) is 6.32. The zero-order valence-corrected chi connectivity index (χ0v) is 12.0. The minimum absolute atomic E-state index is 0.351. The fourth-order valence-corrected chi connectivity index (χ4v) is 3.58. The standard InChI is InChI=1S/C15H15NOS2/c1-4-12(17-7-1)11-16-14(15-6-3-9-19-15)10-13-5-2-8-18-13/h1-9,14,16H,10-11H2. The van der Waals surface area contributed by atoms with E-state index in [1.807, 2.05) is 23.5 Å². The van der Waals surface area contributed by atoms with Gasteiger partial charge in [-0.2, -0.15) is 0 Å². The van der Waals surface area contributed by atoms with E-state index in [2.05, 4.69) is 40.3 Å². The van der Waals surface area contributed by atoms with E-state index in [0.717, 1.165) is 18.7 Å². The summed E-state index contributed by atoms with van der Waals surface area (Å²) in [6.45, 7) is 0.765. The lowest BCUT2D eigenvalue weighted by molar-refractivity contribution is 0.451. The van der Waals surface area contributed by atoms with Gasteiger partial charge < -0.3 is 9.73 Å². The van der Waals surface area contributed by atoms with Gasteiger partial charge in [-0.25, -0.2) is 0 Å².